The van der Waals surface area contributed by atoms with Crippen LogP contribution in [0.15, 0.2) is 30.5 Å². The van der Waals surface area contributed by atoms with Crippen molar-refractivity contribution in [2.75, 3.05) is 37.6 Å². The predicted molar refractivity (Wildman–Crippen MR) is 93.5 cm³/mol. The number of carbonyl (C=O) groups excluding carboxylic acids is 1. The number of piperazine rings is 1. The third-order valence-corrected chi connectivity index (χ3v) is 3.90. The Morgan fingerprint density at radius 3 is 2.50 bits per heavy atom. The smallest absolute Gasteiger partial charge is 0.243 e. The Hall–Kier alpha value is -1.01. The molecule has 1 saturated heterocycles. The topological polar surface area (TPSA) is 48.5 Å². The fourth-order valence-corrected chi connectivity index (χ4v) is 2.66. The van der Waals surface area contributed by atoms with E-state index in [2.05, 4.69) is 15.2 Å². The van der Waals surface area contributed by atoms with Crippen molar-refractivity contribution in [2.24, 2.45) is 0 Å². The molecule has 0 spiro atoms. The molecule has 0 aliphatic carbocycles. The molecule has 2 aliphatic heterocycles. The minimum absolute atomic E-state index is 0. The highest BCUT2D eigenvalue weighted by molar-refractivity contribution is 6.30. The summed E-state index contributed by atoms with van der Waals surface area (Å²) >= 11 is 5.84. The lowest BCUT2D eigenvalue weighted by molar-refractivity contribution is -0.132. The van der Waals surface area contributed by atoms with Crippen LogP contribution in [0.4, 0.5) is 5.82 Å². The molecule has 1 unspecified atom stereocenters. The molecule has 122 valence electrons. The van der Waals surface area contributed by atoms with E-state index in [1.807, 2.05) is 29.2 Å². The molecule has 8 heteroatoms. The van der Waals surface area contributed by atoms with Crippen molar-refractivity contribution in [1.82, 2.24) is 15.2 Å². The fourth-order valence-electron chi connectivity index (χ4n) is 2.54. The molecule has 0 aromatic carbocycles. The number of aromatic nitrogens is 1. The highest BCUT2D eigenvalue weighted by Gasteiger charge is 2.27. The van der Waals surface area contributed by atoms with Crippen LogP contribution in [0.1, 0.15) is 0 Å². The summed E-state index contributed by atoms with van der Waals surface area (Å²) in [6.45, 7) is 3.85. The van der Waals surface area contributed by atoms with Crippen LogP contribution in [0, 0.1) is 0 Å². The van der Waals surface area contributed by atoms with Crippen molar-refractivity contribution in [2.45, 2.75) is 6.04 Å². The number of nitrogens with one attached hydrogen (secondary N) is 1. The number of carbonyl (C=O) groups is 1. The first-order valence-electron chi connectivity index (χ1n) is 6.79. The van der Waals surface area contributed by atoms with Gasteiger partial charge in [0.25, 0.3) is 0 Å². The summed E-state index contributed by atoms with van der Waals surface area (Å²) in [5.74, 6) is 1.09. The maximum Gasteiger partial charge on any atom is 0.243 e. The second-order valence-corrected chi connectivity index (χ2v) is 5.40. The Balaban J connectivity index is 0.00000121. The first kappa shape index (κ1) is 19.0. The number of rotatable bonds is 2. The molecule has 0 bridgehead atoms. The van der Waals surface area contributed by atoms with Crippen LogP contribution in [0.5, 0.6) is 0 Å². The quantitative estimate of drug-likeness (QED) is 0.811. The monoisotopic (exact) mass is 364 g/mol. The summed E-state index contributed by atoms with van der Waals surface area (Å²) in [6.07, 6.45) is 5.59. The van der Waals surface area contributed by atoms with Crippen LogP contribution >= 0.6 is 36.4 Å². The zero-order valence-corrected chi connectivity index (χ0v) is 14.3. The van der Waals surface area contributed by atoms with E-state index in [0.29, 0.717) is 5.02 Å². The second kappa shape index (κ2) is 8.58. The van der Waals surface area contributed by atoms with E-state index in [4.69, 9.17) is 11.6 Å². The van der Waals surface area contributed by atoms with Gasteiger partial charge in [-0.3, -0.25) is 10.1 Å². The molecule has 3 rings (SSSR count). The van der Waals surface area contributed by atoms with Crippen LogP contribution in [-0.2, 0) is 4.79 Å². The number of pyridine rings is 1. The molecular formula is C14H19Cl3N4O. The molecular weight excluding hydrogens is 347 g/mol. The van der Waals surface area contributed by atoms with Gasteiger partial charge >= 0.3 is 0 Å². The minimum atomic E-state index is -0.143. The Kier molecular flexibility index (Phi) is 7.42. The average Bonchev–Trinajstić information content (AvgIpc) is 3.02. The Labute approximate surface area is 147 Å². The normalized spacial score (nSPS) is 20.3. The Morgan fingerprint density at radius 1 is 1.23 bits per heavy atom. The average molecular weight is 366 g/mol. The number of nitrogens with zero attached hydrogens (tertiary/aromatic N) is 3. The van der Waals surface area contributed by atoms with Gasteiger partial charge in [0.15, 0.2) is 0 Å². The molecule has 5 nitrogen and oxygen atoms in total. The zero-order chi connectivity index (χ0) is 13.9. The van der Waals surface area contributed by atoms with Crippen molar-refractivity contribution in [3.05, 3.63) is 35.5 Å². The van der Waals surface area contributed by atoms with Gasteiger partial charge < -0.3 is 9.80 Å². The van der Waals surface area contributed by atoms with Crippen LogP contribution in [0.2, 0.25) is 5.02 Å². The maximum absolute atomic E-state index is 12.2. The SMILES string of the molecule is Cl.Cl.O=C(C1C=CCN1)N1CCN(c2ccc(Cl)cn2)CC1. The van der Waals surface area contributed by atoms with Crippen molar-refractivity contribution in [3.8, 4) is 0 Å². The highest BCUT2D eigenvalue weighted by atomic mass is 35.5. The van der Waals surface area contributed by atoms with Gasteiger partial charge in [0.05, 0.1) is 5.02 Å². The van der Waals surface area contributed by atoms with E-state index in [-0.39, 0.29) is 36.8 Å². The number of halogens is 3. The predicted octanol–water partition coefficient (Wildman–Crippen LogP) is 1.76. The van der Waals surface area contributed by atoms with Crippen LogP contribution < -0.4 is 10.2 Å². The van der Waals surface area contributed by atoms with Gasteiger partial charge in [-0.05, 0) is 12.1 Å². The largest absolute Gasteiger partial charge is 0.353 e. The molecule has 0 radical (unpaired) electrons. The molecule has 0 saturated carbocycles. The molecule has 3 heterocycles. The van der Waals surface area contributed by atoms with Gasteiger partial charge in [0, 0.05) is 38.9 Å². The fraction of sp³-hybridized carbons (Fsp3) is 0.429. The van der Waals surface area contributed by atoms with Crippen molar-refractivity contribution >= 4 is 48.1 Å². The van der Waals surface area contributed by atoms with Crippen molar-refractivity contribution in [1.29, 1.82) is 0 Å². The van der Waals surface area contributed by atoms with E-state index >= 15 is 0 Å². The van der Waals surface area contributed by atoms with E-state index in [0.717, 1.165) is 38.5 Å². The lowest BCUT2D eigenvalue weighted by Gasteiger charge is -2.36. The molecule has 2 aliphatic rings. The van der Waals surface area contributed by atoms with Crippen LogP contribution in [-0.4, -0.2) is 54.6 Å². The second-order valence-electron chi connectivity index (χ2n) is 4.96. The van der Waals surface area contributed by atoms with E-state index in [1.165, 1.54) is 0 Å². The van der Waals surface area contributed by atoms with Crippen molar-refractivity contribution in [3.63, 3.8) is 0 Å². The van der Waals surface area contributed by atoms with Gasteiger partial charge in [-0.25, -0.2) is 4.98 Å². The molecule has 1 N–H and O–H groups in total. The third kappa shape index (κ3) is 4.26. The summed E-state index contributed by atoms with van der Waals surface area (Å²) in [5.41, 5.74) is 0. The molecule has 1 fully saturated rings. The lowest BCUT2D eigenvalue weighted by atomic mass is 10.2. The summed E-state index contributed by atoms with van der Waals surface area (Å²) in [5, 5.41) is 3.80. The summed E-state index contributed by atoms with van der Waals surface area (Å²) in [4.78, 5) is 20.7. The van der Waals surface area contributed by atoms with Gasteiger partial charge in [-0.2, -0.15) is 0 Å². The number of hydrogen-bond acceptors (Lipinski definition) is 4. The van der Waals surface area contributed by atoms with Crippen molar-refractivity contribution < 1.29 is 4.79 Å². The first-order valence-corrected chi connectivity index (χ1v) is 7.17. The highest BCUT2D eigenvalue weighted by Crippen LogP contribution is 2.16. The van der Waals surface area contributed by atoms with Gasteiger partial charge in [-0.15, -0.1) is 24.8 Å². The lowest BCUT2D eigenvalue weighted by Crippen LogP contribution is -2.53. The van der Waals surface area contributed by atoms with Gasteiger partial charge in [0.2, 0.25) is 5.91 Å². The molecule has 1 atom stereocenters. The summed E-state index contributed by atoms with van der Waals surface area (Å²) in [6, 6.07) is 3.62. The third-order valence-electron chi connectivity index (χ3n) is 3.68. The summed E-state index contributed by atoms with van der Waals surface area (Å²) in [7, 11) is 0. The standard InChI is InChI=1S/C14H17ClN4O.2ClH/c15-11-3-4-13(17-10-11)18-6-8-19(9-7-18)14(20)12-2-1-5-16-12;;/h1-4,10,12,16H,5-9H2;2*1H. The van der Waals surface area contributed by atoms with Crippen LogP contribution in [0.25, 0.3) is 0 Å². The van der Waals surface area contributed by atoms with E-state index < -0.39 is 0 Å². The molecule has 1 aromatic heterocycles. The first-order chi connectivity index (χ1) is 9.74. The number of hydrogen-bond donors (Lipinski definition) is 1. The minimum Gasteiger partial charge on any atom is -0.353 e. The zero-order valence-electron chi connectivity index (χ0n) is 11.9. The molecule has 1 aromatic rings. The number of anilines is 1. The molecule has 1 amide bonds. The Morgan fingerprint density at radius 2 is 1.95 bits per heavy atom. The van der Waals surface area contributed by atoms with E-state index in [9.17, 15) is 4.79 Å². The molecule has 22 heavy (non-hydrogen) atoms. The van der Waals surface area contributed by atoms with Crippen LogP contribution in [0.3, 0.4) is 0 Å². The summed E-state index contributed by atoms with van der Waals surface area (Å²) < 4.78 is 0. The van der Waals surface area contributed by atoms with E-state index in [1.54, 1.807) is 6.20 Å². The van der Waals surface area contributed by atoms with Gasteiger partial charge in [0.1, 0.15) is 11.9 Å². The van der Waals surface area contributed by atoms with Gasteiger partial charge in [-0.1, -0.05) is 23.8 Å². The Bertz CT molecular complexity index is 515. The number of amides is 1. The maximum atomic E-state index is 12.2.